The number of carboxylic acid groups (broad SMARTS) is 1. The number of nitrogens with two attached hydrogens (primary N) is 3. The maximum absolute atomic E-state index is 10.3. The molecule has 0 saturated heterocycles. The number of aliphatic imine (C=N–C) groups is 2. The van der Waals surface area contributed by atoms with E-state index in [4.69, 9.17) is 27.0 Å². The van der Waals surface area contributed by atoms with Gasteiger partial charge in [0.15, 0.2) is 12.6 Å². The lowest BCUT2D eigenvalue weighted by Crippen LogP contribution is -2.26. The van der Waals surface area contributed by atoms with Crippen LogP contribution in [0.5, 0.6) is 5.75 Å². The van der Waals surface area contributed by atoms with E-state index < -0.39 is 12.6 Å². The Balaban J connectivity index is 2.82. The van der Waals surface area contributed by atoms with Crippen LogP contribution in [0.2, 0.25) is 0 Å². The van der Waals surface area contributed by atoms with Crippen LogP contribution >= 0.6 is 0 Å². The number of carbonyl (C=O) groups is 1. The first-order valence-electron chi connectivity index (χ1n) is 4.86. The van der Waals surface area contributed by atoms with Gasteiger partial charge in [-0.2, -0.15) is 4.99 Å². The molecule has 0 aliphatic carbocycles. The van der Waals surface area contributed by atoms with Crippen molar-refractivity contribution in [2.45, 2.75) is 0 Å². The minimum atomic E-state index is -1.07. The fourth-order valence-corrected chi connectivity index (χ4v) is 1.08. The molecule has 8 heteroatoms. The minimum Gasteiger partial charge on any atom is -0.482 e. The first-order chi connectivity index (χ1) is 8.47. The number of carboxylic acids is 1. The number of aliphatic carboxylic acids is 1. The van der Waals surface area contributed by atoms with Crippen LogP contribution in [-0.2, 0) is 4.79 Å². The van der Waals surface area contributed by atoms with Gasteiger partial charge in [-0.3, -0.25) is 0 Å². The second-order valence-electron chi connectivity index (χ2n) is 3.19. The van der Waals surface area contributed by atoms with E-state index in [1.807, 2.05) is 0 Å². The highest BCUT2D eigenvalue weighted by Gasteiger charge is 2.00. The fourth-order valence-electron chi connectivity index (χ4n) is 1.08. The van der Waals surface area contributed by atoms with E-state index in [0.29, 0.717) is 11.4 Å². The maximum atomic E-state index is 10.3. The highest BCUT2D eigenvalue weighted by molar-refractivity contribution is 5.93. The summed E-state index contributed by atoms with van der Waals surface area (Å²) in [6.07, 6.45) is 0. The highest BCUT2D eigenvalue weighted by atomic mass is 16.5. The lowest BCUT2D eigenvalue weighted by atomic mass is 10.3. The molecular weight excluding hydrogens is 238 g/mol. The Kier molecular flexibility index (Phi) is 4.50. The lowest BCUT2D eigenvalue weighted by molar-refractivity contribution is -0.139. The Bertz CT molecular complexity index is 494. The molecule has 0 unspecified atom stereocenters. The number of nitrogens with zero attached hydrogens (tertiary/aromatic N) is 2. The monoisotopic (exact) mass is 251 g/mol. The van der Waals surface area contributed by atoms with Gasteiger partial charge in [-0.25, -0.2) is 9.79 Å². The van der Waals surface area contributed by atoms with Crippen molar-refractivity contribution in [2.75, 3.05) is 6.61 Å². The van der Waals surface area contributed by atoms with Crippen molar-refractivity contribution >= 4 is 23.6 Å². The molecule has 1 aromatic rings. The summed E-state index contributed by atoms with van der Waals surface area (Å²) >= 11 is 0. The van der Waals surface area contributed by atoms with Crippen LogP contribution in [0.15, 0.2) is 34.3 Å². The molecule has 1 aromatic carbocycles. The summed E-state index contributed by atoms with van der Waals surface area (Å²) in [6.45, 7) is -0.434. The van der Waals surface area contributed by atoms with Gasteiger partial charge in [-0.15, -0.1) is 0 Å². The molecule has 0 spiro atoms. The number of benzene rings is 1. The molecule has 7 N–H and O–H groups in total. The van der Waals surface area contributed by atoms with E-state index in [9.17, 15) is 4.79 Å². The van der Waals surface area contributed by atoms with Gasteiger partial charge in [0.25, 0.3) is 0 Å². The van der Waals surface area contributed by atoms with Crippen LogP contribution in [0.1, 0.15) is 0 Å². The Morgan fingerprint density at radius 2 is 2.06 bits per heavy atom. The minimum absolute atomic E-state index is 0.106. The molecule has 0 aliphatic rings. The van der Waals surface area contributed by atoms with Gasteiger partial charge in [0.05, 0.1) is 5.69 Å². The molecule has 0 radical (unpaired) electrons. The molecule has 18 heavy (non-hydrogen) atoms. The first-order valence-corrected chi connectivity index (χ1v) is 4.86. The van der Waals surface area contributed by atoms with Gasteiger partial charge >= 0.3 is 5.97 Å². The lowest BCUT2D eigenvalue weighted by Gasteiger charge is -2.03. The van der Waals surface area contributed by atoms with Crippen molar-refractivity contribution in [1.29, 1.82) is 0 Å². The molecule has 0 fully saturated rings. The van der Waals surface area contributed by atoms with Gasteiger partial charge in [0.2, 0.25) is 5.96 Å². The number of hydrogen-bond donors (Lipinski definition) is 4. The summed E-state index contributed by atoms with van der Waals surface area (Å²) < 4.78 is 4.98. The molecule has 0 aromatic heterocycles. The van der Waals surface area contributed by atoms with Crippen LogP contribution in [0, 0.1) is 0 Å². The van der Waals surface area contributed by atoms with Crippen LogP contribution in [-0.4, -0.2) is 29.6 Å². The number of hydrogen-bond acceptors (Lipinski definition) is 3. The van der Waals surface area contributed by atoms with E-state index in [0.717, 1.165) is 0 Å². The zero-order valence-corrected chi connectivity index (χ0v) is 9.41. The smallest absolute Gasteiger partial charge is 0.341 e. The quantitative estimate of drug-likeness (QED) is 0.413. The molecule has 96 valence electrons. The summed E-state index contributed by atoms with van der Waals surface area (Å²) in [5, 5.41) is 8.47. The molecular formula is C10H13N5O3. The van der Waals surface area contributed by atoms with Gasteiger partial charge in [0.1, 0.15) is 5.75 Å². The molecule has 0 atom stereocenters. The van der Waals surface area contributed by atoms with Gasteiger partial charge in [-0.1, -0.05) is 6.07 Å². The van der Waals surface area contributed by atoms with Crippen LogP contribution in [0.3, 0.4) is 0 Å². The average Bonchev–Trinajstić information content (AvgIpc) is 2.25. The fraction of sp³-hybridized carbons (Fsp3) is 0.100. The third kappa shape index (κ3) is 4.84. The highest BCUT2D eigenvalue weighted by Crippen LogP contribution is 2.19. The second-order valence-corrected chi connectivity index (χ2v) is 3.19. The third-order valence-electron chi connectivity index (χ3n) is 1.67. The SMILES string of the molecule is NC(N)=NC(N)=Nc1cccc(OCC(=O)O)c1. The van der Waals surface area contributed by atoms with Gasteiger partial charge < -0.3 is 27.0 Å². The summed E-state index contributed by atoms with van der Waals surface area (Å²) in [5.74, 6) is -1.01. The summed E-state index contributed by atoms with van der Waals surface area (Å²) in [7, 11) is 0. The van der Waals surface area contributed by atoms with E-state index in [2.05, 4.69) is 9.98 Å². The maximum Gasteiger partial charge on any atom is 0.341 e. The molecule has 0 heterocycles. The van der Waals surface area contributed by atoms with E-state index in [1.54, 1.807) is 18.2 Å². The molecule has 0 bridgehead atoms. The topological polar surface area (TPSA) is 149 Å². The Labute approximate surface area is 103 Å². The van der Waals surface area contributed by atoms with Crippen molar-refractivity contribution in [1.82, 2.24) is 0 Å². The van der Waals surface area contributed by atoms with Gasteiger partial charge in [0, 0.05) is 6.07 Å². The average molecular weight is 251 g/mol. The van der Waals surface area contributed by atoms with Gasteiger partial charge in [-0.05, 0) is 12.1 Å². The Morgan fingerprint density at radius 1 is 1.33 bits per heavy atom. The molecule has 0 amide bonds. The third-order valence-corrected chi connectivity index (χ3v) is 1.67. The Hall–Kier alpha value is -2.77. The summed E-state index contributed by atoms with van der Waals surface area (Å²) in [5.41, 5.74) is 16.2. The number of rotatable bonds is 4. The predicted molar refractivity (Wildman–Crippen MR) is 66.7 cm³/mol. The zero-order chi connectivity index (χ0) is 13.5. The first kappa shape index (κ1) is 13.3. The number of guanidine groups is 2. The second kappa shape index (κ2) is 6.09. The predicted octanol–water partition coefficient (Wildman–Crippen LogP) is -0.630. The van der Waals surface area contributed by atoms with Crippen molar-refractivity contribution in [2.24, 2.45) is 27.2 Å². The number of ether oxygens (including phenoxy) is 1. The summed E-state index contributed by atoms with van der Waals surface area (Å²) in [6, 6.07) is 6.39. The van der Waals surface area contributed by atoms with Crippen molar-refractivity contribution in [3.8, 4) is 5.75 Å². The van der Waals surface area contributed by atoms with Crippen LogP contribution < -0.4 is 21.9 Å². The van der Waals surface area contributed by atoms with Crippen LogP contribution in [0.4, 0.5) is 5.69 Å². The molecule has 0 saturated carbocycles. The molecule has 8 nitrogen and oxygen atoms in total. The normalized spacial score (nSPS) is 10.8. The largest absolute Gasteiger partial charge is 0.482 e. The van der Waals surface area contributed by atoms with E-state index in [1.165, 1.54) is 6.07 Å². The van der Waals surface area contributed by atoms with Crippen molar-refractivity contribution in [3.63, 3.8) is 0 Å². The van der Waals surface area contributed by atoms with E-state index >= 15 is 0 Å². The molecule has 0 aliphatic heterocycles. The Morgan fingerprint density at radius 3 is 2.67 bits per heavy atom. The zero-order valence-electron chi connectivity index (χ0n) is 9.41. The molecule has 1 rings (SSSR count). The standard InChI is InChI=1S/C10H13N5O3/c11-9(12)15-10(13)14-6-2-1-3-7(4-6)18-5-8(16)17/h1-4H,5H2,(H,16,17)(H6,11,12,13,14,15). The van der Waals surface area contributed by atoms with Crippen molar-refractivity contribution in [3.05, 3.63) is 24.3 Å². The van der Waals surface area contributed by atoms with Crippen LogP contribution in [0.25, 0.3) is 0 Å². The van der Waals surface area contributed by atoms with E-state index in [-0.39, 0.29) is 11.9 Å². The summed E-state index contributed by atoms with van der Waals surface area (Å²) in [4.78, 5) is 17.8. The van der Waals surface area contributed by atoms with Crippen molar-refractivity contribution < 1.29 is 14.6 Å².